The van der Waals surface area contributed by atoms with Crippen molar-refractivity contribution in [3.05, 3.63) is 28.7 Å². The normalized spacial score (nSPS) is 24.4. The Kier molecular flexibility index (Phi) is 3.75. The number of halogens is 1. The monoisotopic (exact) mass is 318 g/mol. The third-order valence-corrected chi connectivity index (χ3v) is 5.71. The molecule has 0 aromatic heterocycles. The number of nitrogens with one attached hydrogen (secondary N) is 1. The van der Waals surface area contributed by atoms with Crippen LogP contribution >= 0.6 is 15.9 Å². The van der Waals surface area contributed by atoms with Crippen LogP contribution in [0.2, 0.25) is 0 Å². The number of benzene rings is 1. The van der Waals surface area contributed by atoms with Crippen LogP contribution in [-0.2, 0) is 10.0 Å². The van der Waals surface area contributed by atoms with Crippen LogP contribution in [0.5, 0.6) is 0 Å². The summed E-state index contributed by atoms with van der Waals surface area (Å²) in [4.78, 5) is 0. The van der Waals surface area contributed by atoms with E-state index in [1.807, 2.05) is 24.3 Å². The third kappa shape index (κ3) is 2.48. The molecule has 0 aliphatic carbocycles. The number of hydrogen-bond acceptors (Lipinski definition) is 3. The quantitative estimate of drug-likeness (QED) is 0.855. The van der Waals surface area contributed by atoms with Crippen LogP contribution in [0.3, 0.4) is 0 Å². The Labute approximate surface area is 110 Å². The van der Waals surface area contributed by atoms with Crippen molar-refractivity contribution in [1.82, 2.24) is 5.32 Å². The number of anilines is 1. The van der Waals surface area contributed by atoms with Crippen LogP contribution in [0, 0.1) is 0 Å². The summed E-state index contributed by atoms with van der Waals surface area (Å²) >= 11 is 3.40. The molecule has 1 heterocycles. The minimum absolute atomic E-state index is 0.405. The molecule has 1 aliphatic rings. The number of para-hydroxylation sites is 1. The van der Waals surface area contributed by atoms with E-state index in [4.69, 9.17) is 0 Å². The highest BCUT2D eigenvalue weighted by molar-refractivity contribution is 9.10. The zero-order valence-corrected chi connectivity index (χ0v) is 12.0. The van der Waals surface area contributed by atoms with Crippen molar-refractivity contribution < 1.29 is 8.42 Å². The van der Waals surface area contributed by atoms with Crippen molar-refractivity contribution in [2.24, 2.45) is 0 Å². The molecule has 17 heavy (non-hydrogen) atoms. The van der Waals surface area contributed by atoms with E-state index in [1.54, 1.807) is 6.92 Å². The Morgan fingerprint density at radius 2 is 2.12 bits per heavy atom. The van der Waals surface area contributed by atoms with Gasteiger partial charge in [0, 0.05) is 24.1 Å². The summed E-state index contributed by atoms with van der Waals surface area (Å²) in [5.41, 5.74) is 0.711. The number of hydrogen-bond donors (Lipinski definition) is 1. The predicted molar refractivity (Wildman–Crippen MR) is 72.7 cm³/mol. The van der Waals surface area contributed by atoms with Gasteiger partial charge in [-0.15, -0.1) is 0 Å². The van der Waals surface area contributed by atoms with Gasteiger partial charge >= 0.3 is 0 Å². The SMILES string of the molecule is CC1CNCCN(c2ccccc2Br)S1(=O)=O. The zero-order chi connectivity index (χ0) is 12.5. The highest BCUT2D eigenvalue weighted by atomic mass is 79.9. The van der Waals surface area contributed by atoms with Gasteiger partial charge in [0.15, 0.2) is 0 Å². The maximum Gasteiger partial charge on any atom is 0.239 e. The second kappa shape index (κ2) is 4.96. The summed E-state index contributed by atoms with van der Waals surface area (Å²) in [6, 6.07) is 7.39. The minimum atomic E-state index is -3.27. The molecule has 1 atom stereocenters. The predicted octanol–water partition coefficient (Wildman–Crippen LogP) is 1.58. The lowest BCUT2D eigenvalue weighted by molar-refractivity contribution is 0.581. The van der Waals surface area contributed by atoms with Gasteiger partial charge in [0.05, 0.1) is 10.9 Å². The van der Waals surface area contributed by atoms with Crippen LogP contribution in [0.15, 0.2) is 28.7 Å². The largest absolute Gasteiger partial charge is 0.314 e. The zero-order valence-electron chi connectivity index (χ0n) is 9.56. The molecule has 1 fully saturated rings. The fraction of sp³-hybridized carbons (Fsp3) is 0.455. The molecule has 1 aromatic carbocycles. The second-order valence-electron chi connectivity index (χ2n) is 4.08. The summed E-state index contributed by atoms with van der Waals surface area (Å²) < 4.78 is 27.0. The summed E-state index contributed by atoms with van der Waals surface area (Å²) in [5, 5.41) is 2.73. The topological polar surface area (TPSA) is 49.4 Å². The molecule has 0 radical (unpaired) electrons. The molecule has 94 valence electrons. The molecule has 1 aromatic rings. The van der Waals surface area contributed by atoms with Crippen molar-refractivity contribution in [3.8, 4) is 0 Å². The van der Waals surface area contributed by atoms with Crippen LogP contribution in [0.25, 0.3) is 0 Å². The molecule has 1 aliphatic heterocycles. The van der Waals surface area contributed by atoms with Crippen molar-refractivity contribution in [1.29, 1.82) is 0 Å². The van der Waals surface area contributed by atoms with Crippen LogP contribution in [-0.4, -0.2) is 33.3 Å². The summed E-state index contributed by atoms with van der Waals surface area (Å²) in [5.74, 6) is 0. The molecule has 0 saturated carbocycles. The molecular formula is C11H15BrN2O2S. The van der Waals surface area contributed by atoms with Crippen LogP contribution in [0.4, 0.5) is 5.69 Å². The first kappa shape index (κ1) is 12.9. The first-order chi connectivity index (χ1) is 8.03. The van der Waals surface area contributed by atoms with Gasteiger partial charge in [0.1, 0.15) is 0 Å². The molecule has 1 saturated heterocycles. The average molecular weight is 319 g/mol. The minimum Gasteiger partial charge on any atom is -0.314 e. The Morgan fingerprint density at radius 1 is 1.41 bits per heavy atom. The van der Waals surface area contributed by atoms with E-state index < -0.39 is 15.3 Å². The van der Waals surface area contributed by atoms with E-state index in [2.05, 4.69) is 21.2 Å². The van der Waals surface area contributed by atoms with Gasteiger partial charge in [0.25, 0.3) is 0 Å². The molecule has 0 spiro atoms. The lowest BCUT2D eigenvalue weighted by atomic mass is 10.3. The van der Waals surface area contributed by atoms with Crippen molar-refractivity contribution in [3.63, 3.8) is 0 Å². The maximum atomic E-state index is 12.4. The van der Waals surface area contributed by atoms with Gasteiger partial charge in [-0.3, -0.25) is 4.31 Å². The molecule has 4 nitrogen and oxygen atoms in total. The molecule has 2 rings (SSSR count). The fourth-order valence-corrected chi connectivity index (χ4v) is 4.01. The Balaban J connectivity index is 2.46. The third-order valence-electron chi connectivity index (χ3n) is 2.86. The fourth-order valence-electron chi connectivity index (χ4n) is 1.85. The van der Waals surface area contributed by atoms with Gasteiger partial charge in [-0.2, -0.15) is 0 Å². The van der Waals surface area contributed by atoms with Crippen LogP contribution in [0.1, 0.15) is 6.92 Å². The van der Waals surface area contributed by atoms with E-state index in [0.717, 1.165) is 4.47 Å². The van der Waals surface area contributed by atoms with E-state index in [-0.39, 0.29) is 0 Å². The standard InChI is InChI=1S/C11H15BrN2O2S/c1-9-8-13-6-7-14(17(9,15)16)11-5-3-2-4-10(11)12/h2-5,9,13H,6-8H2,1H3. The lowest BCUT2D eigenvalue weighted by Gasteiger charge is -2.25. The van der Waals surface area contributed by atoms with Gasteiger partial charge in [-0.05, 0) is 35.0 Å². The van der Waals surface area contributed by atoms with Crippen molar-refractivity contribution in [2.45, 2.75) is 12.2 Å². The van der Waals surface area contributed by atoms with Crippen LogP contribution < -0.4 is 9.62 Å². The Bertz CT molecular complexity index is 504. The van der Waals surface area contributed by atoms with Crippen molar-refractivity contribution >= 4 is 31.6 Å². The molecule has 0 amide bonds. The number of nitrogens with zero attached hydrogens (tertiary/aromatic N) is 1. The lowest BCUT2D eigenvalue weighted by Crippen LogP contribution is -2.38. The molecule has 6 heteroatoms. The second-order valence-corrected chi connectivity index (χ2v) is 7.21. The highest BCUT2D eigenvalue weighted by Gasteiger charge is 2.31. The van der Waals surface area contributed by atoms with E-state index in [0.29, 0.717) is 25.3 Å². The van der Waals surface area contributed by atoms with Gasteiger partial charge < -0.3 is 5.32 Å². The van der Waals surface area contributed by atoms with Gasteiger partial charge in [0.2, 0.25) is 10.0 Å². The molecule has 1 N–H and O–H groups in total. The Hall–Kier alpha value is -0.590. The van der Waals surface area contributed by atoms with Gasteiger partial charge in [-0.1, -0.05) is 12.1 Å². The summed E-state index contributed by atoms with van der Waals surface area (Å²) in [6.07, 6.45) is 0. The number of sulfonamides is 1. The Morgan fingerprint density at radius 3 is 2.82 bits per heavy atom. The summed E-state index contributed by atoms with van der Waals surface area (Å²) in [6.45, 7) is 3.38. The maximum absolute atomic E-state index is 12.4. The van der Waals surface area contributed by atoms with E-state index in [1.165, 1.54) is 4.31 Å². The first-order valence-corrected chi connectivity index (χ1v) is 7.80. The van der Waals surface area contributed by atoms with Crippen molar-refractivity contribution in [2.75, 3.05) is 23.9 Å². The summed E-state index contributed by atoms with van der Waals surface area (Å²) in [7, 11) is -3.27. The smallest absolute Gasteiger partial charge is 0.239 e. The molecule has 0 bridgehead atoms. The van der Waals surface area contributed by atoms with E-state index in [9.17, 15) is 8.42 Å². The average Bonchev–Trinajstić information content (AvgIpc) is 2.41. The van der Waals surface area contributed by atoms with E-state index >= 15 is 0 Å². The first-order valence-electron chi connectivity index (χ1n) is 5.50. The molecular weight excluding hydrogens is 304 g/mol. The molecule has 1 unspecified atom stereocenters. The number of rotatable bonds is 1. The van der Waals surface area contributed by atoms with Gasteiger partial charge in [-0.25, -0.2) is 8.42 Å². The highest BCUT2D eigenvalue weighted by Crippen LogP contribution is 2.29.